The van der Waals surface area contributed by atoms with E-state index < -0.39 is 0 Å². The van der Waals surface area contributed by atoms with Gasteiger partial charge in [-0.3, -0.25) is 0 Å². The van der Waals surface area contributed by atoms with Crippen LogP contribution in [0.3, 0.4) is 0 Å². The SMILES string of the molecule is COc1cccc(OCCCl)c1OC. The zero-order chi connectivity index (χ0) is 10.4. The zero-order valence-electron chi connectivity index (χ0n) is 8.25. The summed E-state index contributed by atoms with van der Waals surface area (Å²) < 4.78 is 15.7. The standard InChI is InChI=1S/C10H13ClO3/c1-12-8-4-3-5-9(10(8)13-2)14-7-6-11/h3-5H,6-7H2,1-2H3. The van der Waals surface area contributed by atoms with Crippen molar-refractivity contribution in [2.45, 2.75) is 0 Å². The van der Waals surface area contributed by atoms with E-state index in [1.165, 1.54) is 0 Å². The number of hydrogen-bond donors (Lipinski definition) is 0. The Balaban J connectivity index is 2.90. The largest absolute Gasteiger partial charge is 0.493 e. The van der Waals surface area contributed by atoms with Crippen molar-refractivity contribution in [2.24, 2.45) is 0 Å². The highest BCUT2D eigenvalue weighted by Crippen LogP contribution is 2.36. The van der Waals surface area contributed by atoms with Gasteiger partial charge in [-0.25, -0.2) is 0 Å². The lowest BCUT2D eigenvalue weighted by Gasteiger charge is -2.12. The van der Waals surface area contributed by atoms with Gasteiger partial charge in [0.25, 0.3) is 0 Å². The maximum Gasteiger partial charge on any atom is 0.203 e. The zero-order valence-corrected chi connectivity index (χ0v) is 9.00. The first-order valence-corrected chi connectivity index (χ1v) is 4.76. The van der Waals surface area contributed by atoms with Crippen molar-refractivity contribution in [1.82, 2.24) is 0 Å². The van der Waals surface area contributed by atoms with E-state index in [1.54, 1.807) is 14.2 Å². The van der Waals surface area contributed by atoms with Crippen LogP contribution in [0.5, 0.6) is 17.2 Å². The molecule has 0 saturated heterocycles. The summed E-state index contributed by atoms with van der Waals surface area (Å²) in [5, 5.41) is 0. The smallest absolute Gasteiger partial charge is 0.203 e. The van der Waals surface area contributed by atoms with Crippen LogP contribution in [0.15, 0.2) is 18.2 Å². The number of para-hydroxylation sites is 1. The summed E-state index contributed by atoms with van der Waals surface area (Å²) >= 11 is 5.52. The first-order chi connectivity index (χ1) is 6.83. The fourth-order valence-corrected chi connectivity index (χ4v) is 1.20. The summed E-state index contributed by atoms with van der Waals surface area (Å²) in [6.07, 6.45) is 0. The molecule has 1 aromatic rings. The first kappa shape index (κ1) is 11.0. The molecule has 0 bridgehead atoms. The number of hydrogen-bond acceptors (Lipinski definition) is 3. The van der Waals surface area contributed by atoms with Crippen LogP contribution in [0.4, 0.5) is 0 Å². The van der Waals surface area contributed by atoms with Gasteiger partial charge in [-0.05, 0) is 12.1 Å². The lowest BCUT2D eigenvalue weighted by atomic mass is 10.3. The fourth-order valence-electron chi connectivity index (χ4n) is 1.12. The number of rotatable bonds is 5. The highest BCUT2D eigenvalue weighted by molar-refractivity contribution is 6.18. The average molecular weight is 217 g/mol. The Hall–Kier alpha value is -1.09. The quantitative estimate of drug-likeness (QED) is 0.707. The molecule has 0 aliphatic carbocycles. The molecule has 0 saturated carbocycles. The van der Waals surface area contributed by atoms with Gasteiger partial charge in [0, 0.05) is 0 Å². The van der Waals surface area contributed by atoms with Crippen LogP contribution in [0, 0.1) is 0 Å². The number of alkyl halides is 1. The minimum Gasteiger partial charge on any atom is -0.493 e. The van der Waals surface area contributed by atoms with Gasteiger partial charge in [0.1, 0.15) is 6.61 Å². The lowest BCUT2D eigenvalue weighted by Crippen LogP contribution is -2.01. The normalized spacial score (nSPS) is 9.64. The summed E-state index contributed by atoms with van der Waals surface area (Å²) in [6, 6.07) is 5.46. The highest BCUT2D eigenvalue weighted by atomic mass is 35.5. The molecule has 0 fully saturated rings. The average Bonchev–Trinajstić information content (AvgIpc) is 2.25. The maximum atomic E-state index is 5.52. The van der Waals surface area contributed by atoms with Crippen molar-refractivity contribution in [2.75, 3.05) is 26.7 Å². The number of benzene rings is 1. The number of ether oxygens (including phenoxy) is 3. The summed E-state index contributed by atoms with van der Waals surface area (Å²) in [7, 11) is 3.16. The Kier molecular flexibility index (Phi) is 4.40. The molecule has 0 N–H and O–H groups in total. The minimum absolute atomic E-state index is 0.445. The van der Waals surface area contributed by atoms with Gasteiger partial charge < -0.3 is 14.2 Å². The van der Waals surface area contributed by atoms with E-state index in [4.69, 9.17) is 25.8 Å². The maximum absolute atomic E-state index is 5.52. The van der Waals surface area contributed by atoms with Crippen molar-refractivity contribution in [3.05, 3.63) is 18.2 Å². The summed E-state index contributed by atoms with van der Waals surface area (Å²) in [5.41, 5.74) is 0. The Morgan fingerprint density at radius 3 is 2.43 bits per heavy atom. The predicted octanol–water partition coefficient (Wildman–Crippen LogP) is 2.32. The molecule has 0 aliphatic rings. The molecule has 14 heavy (non-hydrogen) atoms. The third-order valence-corrected chi connectivity index (χ3v) is 1.86. The summed E-state index contributed by atoms with van der Waals surface area (Å²) in [4.78, 5) is 0. The molecule has 0 aliphatic heterocycles. The topological polar surface area (TPSA) is 27.7 Å². The molecular weight excluding hydrogens is 204 g/mol. The minimum atomic E-state index is 0.445. The first-order valence-electron chi connectivity index (χ1n) is 4.23. The number of halogens is 1. The molecule has 0 unspecified atom stereocenters. The van der Waals surface area contributed by atoms with Crippen LogP contribution in [0.2, 0.25) is 0 Å². The second-order valence-corrected chi connectivity index (χ2v) is 2.91. The van der Waals surface area contributed by atoms with E-state index in [9.17, 15) is 0 Å². The van der Waals surface area contributed by atoms with Crippen LogP contribution in [0.1, 0.15) is 0 Å². The molecule has 0 heterocycles. The molecule has 0 aromatic heterocycles. The fraction of sp³-hybridized carbons (Fsp3) is 0.400. The van der Waals surface area contributed by atoms with Gasteiger partial charge in [-0.1, -0.05) is 6.07 Å². The van der Waals surface area contributed by atoms with E-state index >= 15 is 0 Å². The Morgan fingerprint density at radius 1 is 1.14 bits per heavy atom. The second kappa shape index (κ2) is 5.60. The molecule has 78 valence electrons. The van der Waals surface area contributed by atoms with Gasteiger partial charge in [0.15, 0.2) is 11.5 Å². The van der Waals surface area contributed by atoms with Gasteiger partial charge in [0.2, 0.25) is 5.75 Å². The molecule has 4 heteroatoms. The summed E-state index contributed by atoms with van der Waals surface area (Å²) in [5.74, 6) is 2.34. The van der Waals surface area contributed by atoms with Crippen molar-refractivity contribution < 1.29 is 14.2 Å². The van der Waals surface area contributed by atoms with Crippen molar-refractivity contribution in [3.8, 4) is 17.2 Å². The van der Waals surface area contributed by atoms with Gasteiger partial charge in [0.05, 0.1) is 20.1 Å². The molecule has 0 radical (unpaired) electrons. The van der Waals surface area contributed by atoms with E-state index in [0.29, 0.717) is 29.7 Å². The van der Waals surface area contributed by atoms with Crippen LogP contribution >= 0.6 is 11.6 Å². The molecular formula is C10H13ClO3. The van der Waals surface area contributed by atoms with E-state index in [2.05, 4.69) is 0 Å². The monoisotopic (exact) mass is 216 g/mol. The molecule has 3 nitrogen and oxygen atoms in total. The van der Waals surface area contributed by atoms with Gasteiger partial charge >= 0.3 is 0 Å². The van der Waals surface area contributed by atoms with Crippen molar-refractivity contribution in [3.63, 3.8) is 0 Å². The van der Waals surface area contributed by atoms with Crippen molar-refractivity contribution >= 4 is 11.6 Å². The summed E-state index contributed by atoms with van der Waals surface area (Å²) in [6.45, 7) is 0.449. The van der Waals surface area contributed by atoms with Crippen LogP contribution in [0.25, 0.3) is 0 Å². The molecule has 0 spiro atoms. The molecule has 1 aromatic carbocycles. The van der Waals surface area contributed by atoms with E-state index in [0.717, 1.165) is 0 Å². The molecule has 1 rings (SSSR count). The second-order valence-electron chi connectivity index (χ2n) is 2.53. The number of methoxy groups -OCH3 is 2. The van der Waals surface area contributed by atoms with E-state index in [1.807, 2.05) is 18.2 Å². The van der Waals surface area contributed by atoms with Gasteiger partial charge in [-0.15, -0.1) is 11.6 Å². The Labute approximate surface area is 88.5 Å². The highest BCUT2D eigenvalue weighted by Gasteiger charge is 2.09. The third-order valence-electron chi connectivity index (χ3n) is 1.70. The molecule has 0 atom stereocenters. The molecule has 0 amide bonds. The van der Waals surface area contributed by atoms with Crippen LogP contribution in [-0.4, -0.2) is 26.7 Å². The Bertz CT molecular complexity index is 289. The van der Waals surface area contributed by atoms with Crippen molar-refractivity contribution in [1.29, 1.82) is 0 Å². The predicted molar refractivity (Wildman–Crippen MR) is 55.8 cm³/mol. The third kappa shape index (κ3) is 2.45. The van der Waals surface area contributed by atoms with Crippen LogP contribution in [-0.2, 0) is 0 Å². The van der Waals surface area contributed by atoms with E-state index in [-0.39, 0.29) is 0 Å². The lowest BCUT2D eigenvalue weighted by molar-refractivity contribution is 0.298. The van der Waals surface area contributed by atoms with Crippen LogP contribution < -0.4 is 14.2 Å². The Morgan fingerprint density at radius 2 is 1.86 bits per heavy atom. The van der Waals surface area contributed by atoms with Gasteiger partial charge in [-0.2, -0.15) is 0 Å².